The topological polar surface area (TPSA) is 59.4 Å². The van der Waals surface area contributed by atoms with Crippen LogP contribution in [0.25, 0.3) is 0 Å². The van der Waals surface area contributed by atoms with Crippen LogP contribution in [0.15, 0.2) is 4.47 Å². The highest BCUT2D eigenvalue weighted by Crippen LogP contribution is 2.20. The van der Waals surface area contributed by atoms with Gasteiger partial charge in [0.05, 0.1) is 23.4 Å². The van der Waals surface area contributed by atoms with E-state index in [1.165, 1.54) is 0 Å². The van der Waals surface area contributed by atoms with Gasteiger partial charge in [-0.15, -0.1) is 0 Å². The number of aromatic nitrogens is 2. The molecule has 0 bridgehead atoms. The average Bonchev–Trinajstić information content (AvgIpc) is 2.64. The zero-order valence-electron chi connectivity index (χ0n) is 12.1. The first kappa shape index (κ1) is 15.5. The van der Waals surface area contributed by atoms with Crippen molar-refractivity contribution in [2.75, 3.05) is 32.8 Å². The number of carbonyl (C=O) groups excluding carboxylic acids is 1. The molecule has 1 aromatic heterocycles. The Bertz CT molecular complexity index is 483. The van der Waals surface area contributed by atoms with E-state index < -0.39 is 0 Å². The number of carbonyl (C=O) groups is 1. The Labute approximate surface area is 127 Å². The molecule has 1 aromatic rings. The minimum Gasteiger partial charge on any atom is -0.379 e. The molecule has 1 N–H and O–H groups in total. The van der Waals surface area contributed by atoms with Gasteiger partial charge in [0, 0.05) is 32.7 Å². The molecule has 1 aliphatic heterocycles. The molecule has 6 nitrogen and oxygen atoms in total. The van der Waals surface area contributed by atoms with Gasteiger partial charge in [-0.1, -0.05) is 0 Å². The van der Waals surface area contributed by atoms with Gasteiger partial charge in [0.2, 0.25) is 0 Å². The maximum Gasteiger partial charge on any atom is 0.270 e. The number of morpholine rings is 1. The van der Waals surface area contributed by atoms with Gasteiger partial charge >= 0.3 is 0 Å². The van der Waals surface area contributed by atoms with E-state index in [1.807, 2.05) is 13.8 Å². The van der Waals surface area contributed by atoms with E-state index in [9.17, 15) is 4.79 Å². The summed E-state index contributed by atoms with van der Waals surface area (Å²) in [7, 11) is 1.78. The quantitative estimate of drug-likeness (QED) is 0.883. The Morgan fingerprint density at radius 3 is 2.70 bits per heavy atom. The summed E-state index contributed by atoms with van der Waals surface area (Å²) in [5.41, 5.74) is 1.38. The van der Waals surface area contributed by atoms with Crippen LogP contribution in [0.4, 0.5) is 0 Å². The second-order valence-corrected chi connectivity index (χ2v) is 5.95. The van der Waals surface area contributed by atoms with Crippen LogP contribution < -0.4 is 5.32 Å². The van der Waals surface area contributed by atoms with Crippen molar-refractivity contribution < 1.29 is 9.53 Å². The lowest BCUT2D eigenvalue weighted by molar-refractivity contribution is 0.0342. The van der Waals surface area contributed by atoms with Crippen LogP contribution in [0.1, 0.15) is 23.1 Å². The number of rotatable bonds is 4. The van der Waals surface area contributed by atoms with Crippen molar-refractivity contribution in [1.29, 1.82) is 0 Å². The molecule has 2 heterocycles. The molecular formula is C13H21BrN4O2. The molecule has 0 aromatic carbocycles. The van der Waals surface area contributed by atoms with Crippen LogP contribution in [0.3, 0.4) is 0 Å². The van der Waals surface area contributed by atoms with Gasteiger partial charge in [0.1, 0.15) is 5.69 Å². The Kier molecular flexibility index (Phi) is 5.17. The highest BCUT2D eigenvalue weighted by molar-refractivity contribution is 9.10. The Morgan fingerprint density at radius 1 is 1.50 bits per heavy atom. The number of hydrogen-bond donors (Lipinski definition) is 1. The molecule has 0 radical (unpaired) electrons. The van der Waals surface area contributed by atoms with Gasteiger partial charge in [0.25, 0.3) is 5.91 Å². The van der Waals surface area contributed by atoms with Crippen LogP contribution in [-0.4, -0.2) is 59.5 Å². The van der Waals surface area contributed by atoms with Gasteiger partial charge in [-0.3, -0.25) is 14.4 Å². The molecule has 1 aliphatic rings. The maximum absolute atomic E-state index is 12.3. The molecule has 2 rings (SSSR count). The minimum atomic E-state index is -0.0965. The minimum absolute atomic E-state index is 0.0858. The molecule has 0 aliphatic carbocycles. The monoisotopic (exact) mass is 344 g/mol. The first-order valence-corrected chi connectivity index (χ1v) is 7.58. The van der Waals surface area contributed by atoms with Gasteiger partial charge in [-0.2, -0.15) is 5.10 Å². The molecule has 112 valence electrons. The zero-order valence-corrected chi connectivity index (χ0v) is 13.7. The van der Waals surface area contributed by atoms with Crippen LogP contribution >= 0.6 is 15.9 Å². The van der Waals surface area contributed by atoms with E-state index in [0.29, 0.717) is 5.69 Å². The largest absolute Gasteiger partial charge is 0.379 e. The van der Waals surface area contributed by atoms with E-state index in [-0.39, 0.29) is 11.9 Å². The van der Waals surface area contributed by atoms with Gasteiger partial charge < -0.3 is 10.1 Å². The molecule has 1 amide bonds. The summed E-state index contributed by atoms with van der Waals surface area (Å²) in [4.78, 5) is 14.6. The molecule has 1 fully saturated rings. The third-order valence-electron chi connectivity index (χ3n) is 3.38. The summed E-state index contributed by atoms with van der Waals surface area (Å²) < 4.78 is 7.69. The third kappa shape index (κ3) is 3.59. The fourth-order valence-electron chi connectivity index (χ4n) is 2.39. The third-order valence-corrected chi connectivity index (χ3v) is 4.33. The fourth-order valence-corrected chi connectivity index (χ4v) is 2.90. The maximum atomic E-state index is 12.3. The smallest absolute Gasteiger partial charge is 0.270 e. The number of hydrogen-bond acceptors (Lipinski definition) is 4. The molecule has 1 atom stereocenters. The summed E-state index contributed by atoms with van der Waals surface area (Å²) in [6.45, 7) is 8.12. The molecule has 7 heteroatoms. The summed E-state index contributed by atoms with van der Waals surface area (Å²) in [6, 6.07) is 0.0858. The summed E-state index contributed by atoms with van der Waals surface area (Å²) in [6.07, 6.45) is 0. The summed E-state index contributed by atoms with van der Waals surface area (Å²) in [5.74, 6) is -0.0965. The molecule has 0 spiro atoms. The number of nitrogens with one attached hydrogen (secondary N) is 1. The van der Waals surface area contributed by atoms with E-state index >= 15 is 0 Å². The standard InChI is InChI=1S/C13H21BrN4O2/c1-9(8-18-4-6-20-7-5-18)15-13(19)12-11(14)10(2)16-17(12)3/h9H,4-8H2,1-3H3,(H,15,19)/t9-/m1/s1. The lowest BCUT2D eigenvalue weighted by Crippen LogP contribution is -2.46. The number of amides is 1. The van der Waals surface area contributed by atoms with Crippen molar-refractivity contribution >= 4 is 21.8 Å². The van der Waals surface area contributed by atoms with Crippen molar-refractivity contribution in [2.24, 2.45) is 7.05 Å². The predicted octanol–water partition coefficient (Wildman–Crippen LogP) is 0.942. The fraction of sp³-hybridized carbons (Fsp3) is 0.692. The zero-order chi connectivity index (χ0) is 14.7. The van der Waals surface area contributed by atoms with E-state index in [2.05, 4.69) is 31.2 Å². The molecule has 0 unspecified atom stereocenters. The summed E-state index contributed by atoms with van der Waals surface area (Å²) >= 11 is 3.42. The SMILES string of the molecule is Cc1nn(C)c(C(=O)N[C@H](C)CN2CCOCC2)c1Br. The Balaban J connectivity index is 1.93. The van der Waals surface area contributed by atoms with Crippen molar-refractivity contribution in [3.63, 3.8) is 0 Å². The Morgan fingerprint density at radius 2 is 2.15 bits per heavy atom. The molecule has 1 saturated heterocycles. The lowest BCUT2D eigenvalue weighted by Gasteiger charge is -2.29. The van der Waals surface area contributed by atoms with Crippen molar-refractivity contribution in [3.05, 3.63) is 15.9 Å². The van der Waals surface area contributed by atoms with Crippen LogP contribution in [0.5, 0.6) is 0 Å². The van der Waals surface area contributed by atoms with Gasteiger partial charge in [-0.25, -0.2) is 0 Å². The first-order valence-electron chi connectivity index (χ1n) is 6.79. The highest BCUT2D eigenvalue weighted by Gasteiger charge is 2.21. The summed E-state index contributed by atoms with van der Waals surface area (Å²) in [5, 5.41) is 7.26. The number of ether oxygens (including phenoxy) is 1. The van der Waals surface area contributed by atoms with Crippen molar-refractivity contribution in [1.82, 2.24) is 20.0 Å². The van der Waals surface area contributed by atoms with Crippen molar-refractivity contribution in [3.8, 4) is 0 Å². The van der Waals surface area contributed by atoms with Crippen LogP contribution in [-0.2, 0) is 11.8 Å². The lowest BCUT2D eigenvalue weighted by atomic mass is 10.2. The number of aryl methyl sites for hydroxylation is 2. The number of nitrogens with zero attached hydrogens (tertiary/aromatic N) is 3. The second-order valence-electron chi connectivity index (χ2n) is 5.16. The normalized spacial score (nSPS) is 18.0. The number of halogens is 1. The molecule has 20 heavy (non-hydrogen) atoms. The van der Waals surface area contributed by atoms with Crippen LogP contribution in [0.2, 0.25) is 0 Å². The van der Waals surface area contributed by atoms with Crippen LogP contribution in [0, 0.1) is 6.92 Å². The van der Waals surface area contributed by atoms with E-state index in [0.717, 1.165) is 43.0 Å². The van der Waals surface area contributed by atoms with Crippen molar-refractivity contribution in [2.45, 2.75) is 19.9 Å². The molecular weight excluding hydrogens is 324 g/mol. The molecule has 0 saturated carbocycles. The second kappa shape index (κ2) is 6.69. The predicted molar refractivity (Wildman–Crippen MR) is 79.8 cm³/mol. The van der Waals surface area contributed by atoms with E-state index in [4.69, 9.17) is 4.74 Å². The first-order chi connectivity index (χ1) is 9.49. The van der Waals surface area contributed by atoms with E-state index in [1.54, 1.807) is 11.7 Å². The van der Waals surface area contributed by atoms with Gasteiger partial charge in [-0.05, 0) is 29.8 Å². The Hall–Kier alpha value is -0.920. The average molecular weight is 345 g/mol. The van der Waals surface area contributed by atoms with Gasteiger partial charge in [0.15, 0.2) is 0 Å². The highest BCUT2D eigenvalue weighted by atomic mass is 79.9.